The van der Waals surface area contributed by atoms with Gasteiger partial charge in [-0.2, -0.15) is 0 Å². The number of rotatable bonds is 9. The molecule has 0 unspecified atom stereocenters. The maximum atomic E-state index is 12.4. The first-order chi connectivity index (χ1) is 14.4. The van der Waals surface area contributed by atoms with Crippen LogP contribution >= 0.6 is 11.3 Å². The third-order valence-corrected chi connectivity index (χ3v) is 6.87. The van der Waals surface area contributed by atoms with Crippen molar-refractivity contribution in [1.29, 1.82) is 0 Å². The van der Waals surface area contributed by atoms with E-state index in [0.29, 0.717) is 22.7 Å². The van der Waals surface area contributed by atoms with E-state index in [4.69, 9.17) is 9.47 Å². The molecule has 0 radical (unpaired) electrons. The Labute approximate surface area is 179 Å². The summed E-state index contributed by atoms with van der Waals surface area (Å²) in [7, 11) is -2.05. The van der Waals surface area contributed by atoms with Gasteiger partial charge < -0.3 is 14.8 Å². The molecule has 1 aromatic heterocycles. The van der Waals surface area contributed by atoms with Crippen LogP contribution in [0, 0.1) is 0 Å². The lowest BCUT2D eigenvalue weighted by atomic mass is 10.2. The lowest BCUT2D eigenvalue weighted by molar-refractivity contribution is 0.0926. The molecule has 0 aliphatic carbocycles. The van der Waals surface area contributed by atoms with Gasteiger partial charge in [0.15, 0.2) is 11.5 Å². The van der Waals surface area contributed by atoms with Gasteiger partial charge in [-0.15, -0.1) is 11.3 Å². The summed E-state index contributed by atoms with van der Waals surface area (Å²) in [6.07, 6.45) is 0. The topological polar surface area (TPSA) is 93.7 Å². The van der Waals surface area contributed by atoms with Gasteiger partial charge >= 0.3 is 0 Å². The zero-order chi connectivity index (χ0) is 21.6. The van der Waals surface area contributed by atoms with Gasteiger partial charge in [-0.25, -0.2) is 8.42 Å². The molecule has 30 heavy (non-hydrogen) atoms. The average molecular weight is 447 g/mol. The molecule has 0 fully saturated rings. The second kappa shape index (κ2) is 9.64. The normalized spacial score (nSPS) is 12.1. The van der Waals surface area contributed by atoms with E-state index < -0.39 is 10.0 Å². The highest BCUT2D eigenvalue weighted by Gasteiger charge is 2.16. The van der Waals surface area contributed by atoms with Crippen LogP contribution in [-0.4, -0.2) is 34.1 Å². The van der Waals surface area contributed by atoms with Crippen molar-refractivity contribution in [3.63, 3.8) is 0 Å². The molecule has 0 spiro atoms. The molecule has 1 heterocycles. The maximum absolute atomic E-state index is 12.4. The van der Waals surface area contributed by atoms with Crippen LogP contribution in [0.5, 0.6) is 11.5 Å². The second-order valence-electron chi connectivity index (χ2n) is 6.45. The molecular weight excluding hydrogens is 424 g/mol. The zero-order valence-corrected chi connectivity index (χ0v) is 18.1. The lowest BCUT2D eigenvalue weighted by Gasteiger charge is -2.16. The van der Waals surface area contributed by atoms with Crippen LogP contribution in [0.15, 0.2) is 70.3 Å². The first-order valence-corrected chi connectivity index (χ1v) is 11.5. The van der Waals surface area contributed by atoms with Crippen LogP contribution in [0.1, 0.15) is 17.3 Å². The van der Waals surface area contributed by atoms with Crippen molar-refractivity contribution < 1.29 is 22.7 Å². The van der Waals surface area contributed by atoms with Crippen LogP contribution in [0.25, 0.3) is 0 Å². The van der Waals surface area contributed by atoms with Crippen molar-refractivity contribution in [2.45, 2.75) is 17.2 Å². The number of carbonyl (C=O) groups is 1. The summed E-state index contributed by atoms with van der Waals surface area (Å²) in [5, 5.41) is 4.55. The summed E-state index contributed by atoms with van der Waals surface area (Å²) < 4.78 is 38.2. The summed E-state index contributed by atoms with van der Waals surface area (Å²) in [6.45, 7) is 2.10. The minimum absolute atomic E-state index is 0.230. The van der Waals surface area contributed by atoms with Crippen molar-refractivity contribution in [2.75, 3.05) is 18.4 Å². The largest absolute Gasteiger partial charge is 0.493 e. The van der Waals surface area contributed by atoms with Crippen molar-refractivity contribution in [1.82, 2.24) is 5.32 Å². The fourth-order valence-electron chi connectivity index (χ4n) is 2.61. The molecule has 2 N–H and O–H groups in total. The number of thiophene rings is 1. The highest BCUT2D eigenvalue weighted by atomic mass is 32.2. The van der Waals surface area contributed by atoms with Gasteiger partial charge in [0, 0.05) is 11.3 Å². The van der Waals surface area contributed by atoms with Crippen molar-refractivity contribution in [2.24, 2.45) is 0 Å². The number of amides is 1. The van der Waals surface area contributed by atoms with Crippen molar-refractivity contribution in [3.8, 4) is 11.5 Å². The summed E-state index contributed by atoms with van der Waals surface area (Å²) in [4.78, 5) is 12.4. The molecule has 7 nitrogen and oxygen atoms in total. The van der Waals surface area contributed by atoms with E-state index in [9.17, 15) is 13.2 Å². The number of carbonyl (C=O) groups excluding carboxylic acids is 1. The Balaban J connectivity index is 1.55. The van der Waals surface area contributed by atoms with E-state index in [2.05, 4.69) is 10.0 Å². The Morgan fingerprint density at radius 3 is 2.37 bits per heavy atom. The molecule has 1 amide bonds. The van der Waals surface area contributed by atoms with Gasteiger partial charge in [0.1, 0.15) is 10.8 Å². The number of hydrogen-bond acceptors (Lipinski definition) is 6. The maximum Gasteiger partial charge on any atom is 0.271 e. The Morgan fingerprint density at radius 2 is 1.73 bits per heavy atom. The molecule has 0 bridgehead atoms. The van der Waals surface area contributed by atoms with E-state index in [-0.39, 0.29) is 22.8 Å². The van der Waals surface area contributed by atoms with Gasteiger partial charge in [0.05, 0.1) is 13.2 Å². The Hall–Kier alpha value is -3.04. The summed E-state index contributed by atoms with van der Waals surface area (Å²) in [6, 6.07) is 16.5. The SMILES string of the molecule is COc1ccccc1OC[C@@H](C)NC(=O)c1ccc(NS(=O)(=O)c2cccs2)cc1. The molecule has 3 rings (SSSR count). The monoisotopic (exact) mass is 446 g/mol. The van der Waals surface area contributed by atoms with E-state index in [1.54, 1.807) is 55.0 Å². The quantitative estimate of drug-likeness (QED) is 0.522. The van der Waals surface area contributed by atoms with Gasteiger partial charge in [0.25, 0.3) is 15.9 Å². The Kier molecular flexibility index (Phi) is 6.96. The summed E-state index contributed by atoms with van der Waals surface area (Å²) in [5.41, 5.74) is 0.797. The number of sulfonamides is 1. The van der Waals surface area contributed by atoms with Crippen LogP contribution in [0.2, 0.25) is 0 Å². The van der Waals surface area contributed by atoms with Gasteiger partial charge in [-0.05, 0) is 54.8 Å². The van der Waals surface area contributed by atoms with Gasteiger partial charge in [-0.3, -0.25) is 9.52 Å². The molecule has 0 saturated heterocycles. The minimum atomic E-state index is -3.62. The van der Waals surface area contributed by atoms with Crippen LogP contribution in [0.3, 0.4) is 0 Å². The van der Waals surface area contributed by atoms with Crippen molar-refractivity contribution in [3.05, 3.63) is 71.6 Å². The molecule has 3 aromatic rings. The van der Waals surface area contributed by atoms with E-state index >= 15 is 0 Å². The minimum Gasteiger partial charge on any atom is -0.493 e. The third kappa shape index (κ3) is 5.52. The number of methoxy groups -OCH3 is 1. The van der Waals surface area contributed by atoms with E-state index in [1.165, 1.54) is 6.07 Å². The fraction of sp³-hybridized carbons (Fsp3) is 0.190. The first kappa shape index (κ1) is 21.7. The predicted octanol–water partition coefficient (Wildman–Crippen LogP) is 3.75. The van der Waals surface area contributed by atoms with E-state index in [1.807, 2.05) is 19.1 Å². The van der Waals surface area contributed by atoms with E-state index in [0.717, 1.165) is 11.3 Å². The van der Waals surface area contributed by atoms with Gasteiger partial charge in [-0.1, -0.05) is 18.2 Å². The molecule has 158 valence electrons. The molecule has 9 heteroatoms. The van der Waals surface area contributed by atoms with Crippen LogP contribution in [-0.2, 0) is 10.0 Å². The first-order valence-electron chi connectivity index (χ1n) is 9.12. The van der Waals surface area contributed by atoms with Crippen LogP contribution < -0.4 is 19.5 Å². The third-order valence-electron chi connectivity index (χ3n) is 4.09. The molecule has 1 atom stereocenters. The molecule has 0 saturated carbocycles. The van der Waals surface area contributed by atoms with Crippen LogP contribution in [0.4, 0.5) is 5.69 Å². The number of nitrogens with one attached hydrogen (secondary N) is 2. The molecule has 0 aliphatic rings. The molecule has 2 aromatic carbocycles. The number of ether oxygens (including phenoxy) is 2. The number of hydrogen-bond donors (Lipinski definition) is 2. The standard InChI is InChI=1S/C21H22N2O5S2/c1-15(14-28-19-7-4-3-6-18(19)27-2)22-21(24)16-9-11-17(12-10-16)23-30(25,26)20-8-5-13-29-20/h3-13,15,23H,14H2,1-2H3,(H,22,24)/t15-/m1/s1. The predicted molar refractivity (Wildman–Crippen MR) is 117 cm³/mol. The zero-order valence-electron chi connectivity index (χ0n) is 16.5. The summed E-state index contributed by atoms with van der Waals surface area (Å²) in [5.74, 6) is 0.943. The Morgan fingerprint density at radius 1 is 1.03 bits per heavy atom. The molecular formula is C21H22N2O5S2. The highest BCUT2D eigenvalue weighted by molar-refractivity contribution is 7.94. The van der Waals surface area contributed by atoms with Crippen molar-refractivity contribution >= 4 is 33.0 Å². The number of benzene rings is 2. The summed E-state index contributed by atoms with van der Waals surface area (Å²) >= 11 is 1.13. The van der Waals surface area contributed by atoms with Gasteiger partial charge in [0.2, 0.25) is 0 Å². The highest BCUT2D eigenvalue weighted by Crippen LogP contribution is 2.25. The molecule has 0 aliphatic heterocycles. The smallest absolute Gasteiger partial charge is 0.271 e. The number of anilines is 1. The Bertz CT molecular complexity index is 1080. The number of para-hydroxylation sites is 2. The fourth-order valence-corrected chi connectivity index (χ4v) is 4.66. The average Bonchev–Trinajstić information content (AvgIpc) is 3.29. The lowest BCUT2D eigenvalue weighted by Crippen LogP contribution is -2.36. The second-order valence-corrected chi connectivity index (χ2v) is 9.31.